The molecule has 0 aliphatic heterocycles. The molecule has 144 valence electrons. The van der Waals surface area contributed by atoms with E-state index in [1.165, 1.54) is 24.8 Å². The van der Waals surface area contributed by atoms with Crippen LogP contribution >= 0.6 is 23.4 Å². The first-order valence-corrected chi connectivity index (χ1v) is 9.04. The average Bonchev–Trinajstić information content (AvgIpc) is 2.56. The smallest absolute Gasteiger partial charge is 0.326 e. The van der Waals surface area contributed by atoms with Gasteiger partial charge in [-0.25, -0.2) is 0 Å². The number of hydrogen-bond donors (Lipinski definition) is 2. The van der Waals surface area contributed by atoms with Crippen molar-refractivity contribution in [1.29, 1.82) is 0 Å². The molecule has 2 rings (SSSR count). The van der Waals surface area contributed by atoms with E-state index in [0.29, 0.717) is 5.69 Å². The second-order valence-corrected chi connectivity index (χ2v) is 7.49. The van der Waals surface area contributed by atoms with Gasteiger partial charge in [0.25, 0.3) is 0 Å². The Bertz CT molecular complexity index is 841. The maximum Gasteiger partial charge on any atom is 0.418 e. The van der Waals surface area contributed by atoms with Gasteiger partial charge in [-0.2, -0.15) is 13.2 Å². The van der Waals surface area contributed by atoms with Crippen LogP contribution in [-0.4, -0.2) is 17.1 Å². The van der Waals surface area contributed by atoms with Crippen molar-refractivity contribution in [1.82, 2.24) is 0 Å². The number of carbonyl (C=O) groups is 2. The van der Waals surface area contributed by atoms with Crippen LogP contribution in [0.2, 0.25) is 5.02 Å². The summed E-state index contributed by atoms with van der Waals surface area (Å²) < 4.78 is 39.3. The summed E-state index contributed by atoms with van der Waals surface area (Å²) in [6, 6.07) is 9.96. The van der Waals surface area contributed by atoms with E-state index in [1.54, 1.807) is 31.2 Å². The van der Waals surface area contributed by atoms with Gasteiger partial charge in [0.1, 0.15) is 0 Å². The first-order chi connectivity index (χ1) is 12.6. The van der Waals surface area contributed by atoms with Crippen LogP contribution in [0, 0.1) is 0 Å². The third kappa shape index (κ3) is 6.18. The fourth-order valence-corrected chi connectivity index (χ4v) is 3.21. The van der Waals surface area contributed by atoms with Gasteiger partial charge in [-0.15, -0.1) is 11.8 Å². The molecule has 4 nitrogen and oxygen atoms in total. The maximum atomic E-state index is 13.1. The molecule has 0 heterocycles. The Morgan fingerprint density at radius 2 is 1.70 bits per heavy atom. The Balaban J connectivity index is 2.07. The molecule has 0 bridgehead atoms. The van der Waals surface area contributed by atoms with Crippen LogP contribution in [-0.2, 0) is 15.8 Å². The molecule has 0 spiro atoms. The Kier molecular flexibility index (Phi) is 6.78. The molecule has 2 N–H and O–H groups in total. The lowest BCUT2D eigenvalue weighted by Crippen LogP contribution is -2.24. The van der Waals surface area contributed by atoms with Crippen LogP contribution in [0.4, 0.5) is 24.5 Å². The number of amides is 2. The molecule has 2 aromatic rings. The van der Waals surface area contributed by atoms with Crippen LogP contribution in [0.1, 0.15) is 19.4 Å². The van der Waals surface area contributed by atoms with Gasteiger partial charge in [0.15, 0.2) is 0 Å². The van der Waals surface area contributed by atoms with Crippen LogP contribution in [0.5, 0.6) is 0 Å². The van der Waals surface area contributed by atoms with Gasteiger partial charge in [-0.05, 0) is 49.4 Å². The molecule has 0 aliphatic carbocycles. The highest BCUT2D eigenvalue weighted by molar-refractivity contribution is 8.00. The normalized spacial score (nSPS) is 12.4. The molecule has 0 fully saturated rings. The van der Waals surface area contributed by atoms with E-state index >= 15 is 0 Å². The number of halogens is 4. The predicted molar refractivity (Wildman–Crippen MR) is 101 cm³/mol. The third-order valence-electron chi connectivity index (χ3n) is 3.40. The first kappa shape index (κ1) is 21.1. The highest BCUT2D eigenvalue weighted by Gasteiger charge is 2.34. The predicted octanol–water partition coefficient (Wildman–Crippen LogP) is 5.44. The lowest BCUT2D eigenvalue weighted by Gasteiger charge is -2.16. The van der Waals surface area contributed by atoms with Crippen LogP contribution in [0.15, 0.2) is 47.4 Å². The fraction of sp³-hybridized carbons (Fsp3) is 0.222. The first-order valence-electron chi connectivity index (χ1n) is 7.78. The highest BCUT2D eigenvalue weighted by atomic mass is 35.5. The Hall–Kier alpha value is -2.19. The molecule has 0 aliphatic rings. The SMILES string of the molecule is CC(=O)Nc1ccc(SC(C)C(=O)Nc2ccc(Cl)cc2C(F)(F)F)cc1. The van der Waals surface area contributed by atoms with Gasteiger partial charge in [0.2, 0.25) is 11.8 Å². The topological polar surface area (TPSA) is 58.2 Å². The summed E-state index contributed by atoms with van der Waals surface area (Å²) in [6.07, 6.45) is -4.64. The van der Waals surface area contributed by atoms with Crippen molar-refractivity contribution in [2.75, 3.05) is 10.6 Å². The Morgan fingerprint density at radius 3 is 2.26 bits per heavy atom. The molecule has 0 radical (unpaired) electrons. The van der Waals surface area contributed by atoms with Gasteiger partial charge < -0.3 is 10.6 Å². The number of alkyl halides is 3. The van der Waals surface area contributed by atoms with Crippen molar-refractivity contribution in [2.45, 2.75) is 30.2 Å². The highest BCUT2D eigenvalue weighted by Crippen LogP contribution is 2.37. The zero-order chi connectivity index (χ0) is 20.2. The number of hydrogen-bond acceptors (Lipinski definition) is 3. The van der Waals surface area contributed by atoms with Crippen molar-refractivity contribution in [2.24, 2.45) is 0 Å². The van der Waals surface area contributed by atoms with E-state index in [4.69, 9.17) is 11.6 Å². The van der Waals surface area contributed by atoms with Crippen molar-refractivity contribution in [3.8, 4) is 0 Å². The summed E-state index contributed by atoms with van der Waals surface area (Å²) in [5, 5.41) is 4.21. The van der Waals surface area contributed by atoms with Gasteiger partial charge in [0.05, 0.1) is 16.5 Å². The summed E-state index contributed by atoms with van der Waals surface area (Å²) in [5.41, 5.74) is -0.731. The zero-order valence-electron chi connectivity index (χ0n) is 14.4. The van der Waals surface area contributed by atoms with E-state index in [0.717, 1.165) is 17.0 Å². The van der Waals surface area contributed by atoms with Gasteiger partial charge >= 0.3 is 6.18 Å². The minimum atomic E-state index is -4.64. The van der Waals surface area contributed by atoms with E-state index in [9.17, 15) is 22.8 Å². The molecule has 1 atom stereocenters. The number of nitrogens with one attached hydrogen (secondary N) is 2. The number of anilines is 2. The second-order valence-electron chi connectivity index (χ2n) is 5.64. The Morgan fingerprint density at radius 1 is 1.07 bits per heavy atom. The van der Waals surface area contributed by atoms with Gasteiger partial charge in [-0.1, -0.05) is 11.6 Å². The van der Waals surface area contributed by atoms with Crippen molar-refractivity contribution in [3.63, 3.8) is 0 Å². The van der Waals surface area contributed by atoms with Gasteiger partial charge in [-0.3, -0.25) is 9.59 Å². The van der Waals surface area contributed by atoms with Crippen molar-refractivity contribution >= 4 is 46.6 Å². The summed E-state index contributed by atoms with van der Waals surface area (Å²) >= 11 is 6.81. The standard InChI is InChI=1S/C18H16ClF3N2O2S/c1-10(27-14-6-4-13(5-7-14)23-11(2)25)17(26)24-16-8-3-12(19)9-15(16)18(20,21)22/h3-10H,1-2H3,(H,23,25)(H,24,26). The second kappa shape index (κ2) is 8.67. The maximum absolute atomic E-state index is 13.1. The molecule has 2 amide bonds. The molecule has 2 aromatic carbocycles. The monoisotopic (exact) mass is 416 g/mol. The average molecular weight is 417 g/mol. The zero-order valence-corrected chi connectivity index (χ0v) is 15.9. The largest absolute Gasteiger partial charge is 0.418 e. The number of carbonyl (C=O) groups excluding carboxylic acids is 2. The molecule has 0 saturated carbocycles. The summed E-state index contributed by atoms with van der Waals surface area (Å²) in [4.78, 5) is 24.0. The number of benzene rings is 2. The van der Waals surface area contributed by atoms with E-state index < -0.39 is 22.9 Å². The van der Waals surface area contributed by atoms with Crippen molar-refractivity contribution in [3.05, 3.63) is 53.1 Å². The molecular formula is C18H16ClF3N2O2S. The number of rotatable bonds is 5. The van der Waals surface area contributed by atoms with Crippen LogP contribution in [0.25, 0.3) is 0 Å². The molecule has 9 heteroatoms. The van der Waals surface area contributed by atoms with Gasteiger partial charge in [0, 0.05) is 22.5 Å². The molecule has 0 aromatic heterocycles. The summed E-state index contributed by atoms with van der Waals surface area (Å²) in [5.74, 6) is -0.773. The lowest BCUT2D eigenvalue weighted by atomic mass is 10.1. The quantitative estimate of drug-likeness (QED) is 0.638. The van der Waals surface area contributed by atoms with E-state index in [2.05, 4.69) is 10.6 Å². The van der Waals surface area contributed by atoms with Crippen LogP contribution < -0.4 is 10.6 Å². The minimum Gasteiger partial charge on any atom is -0.326 e. The number of thioether (sulfide) groups is 1. The van der Waals surface area contributed by atoms with E-state index in [-0.39, 0.29) is 16.6 Å². The molecule has 1 unspecified atom stereocenters. The molecule has 27 heavy (non-hydrogen) atoms. The molecule has 0 saturated heterocycles. The van der Waals surface area contributed by atoms with Crippen LogP contribution in [0.3, 0.4) is 0 Å². The lowest BCUT2D eigenvalue weighted by molar-refractivity contribution is -0.137. The van der Waals surface area contributed by atoms with Crippen molar-refractivity contribution < 1.29 is 22.8 Å². The Labute approximate surface area is 163 Å². The third-order valence-corrected chi connectivity index (χ3v) is 4.75. The van der Waals surface area contributed by atoms with E-state index in [1.807, 2.05) is 0 Å². The summed E-state index contributed by atoms with van der Waals surface area (Å²) in [7, 11) is 0. The minimum absolute atomic E-state index is 0.0676. The molecular weight excluding hydrogens is 401 g/mol. The fourth-order valence-electron chi connectivity index (χ4n) is 2.17. The summed E-state index contributed by atoms with van der Waals surface area (Å²) in [6.45, 7) is 2.98.